The van der Waals surface area contributed by atoms with Crippen molar-refractivity contribution >= 4 is 11.4 Å². The summed E-state index contributed by atoms with van der Waals surface area (Å²) in [5.41, 5.74) is 8.75. The summed E-state index contributed by atoms with van der Waals surface area (Å²) in [7, 11) is 0. The molecule has 1 aromatic carbocycles. The van der Waals surface area contributed by atoms with Crippen LogP contribution >= 0.6 is 0 Å². The quantitative estimate of drug-likeness (QED) is 0.446. The molecule has 44 valence electrons. The molecule has 0 atom stereocenters. The van der Waals surface area contributed by atoms with Crippen LogP contribution in [0.2, 0.25) is 0 Å². The molecular formula is C6H5N3. The summed E-state index contributed by atoms with van der Waals surface area (Å²) in [4.78, 5) is 0. The average Bonchev–Trinajstić information content (AvgIpc) is 2.60. The van der Waals surface area contributed by atoms with Crippen molar-refractivity contribution in [3.8, 4) is 0 Å². The Morgan fingerprint density at radius 3 is 2.22 bits per heavy atom. The molecule has 0 unspecified atom stereocenters. The van der Waals surface area contributed by atoms with Gasteiger partial charge in [-0.2, -0.15) is 5.53 Å². The molecule has 3 nitrogen and oxygen atoms in total. The van der Waals surface area contributed by atoms with E-state index in [4.69, 9.17) is 5.53 Å². The lowest BCUT2D eigenvalue weighted by molar-refractivity contribution is 0.990. The third-order valence-corrected chi connectivity index (χ3v) is 1.39. The van der Waals surface area contributed by atoms with E-state index in [9.17, 15) is 0 Å². The van der Waals surface area contributed by atoms with Gasteiger partial charge in [-0.25, -0.2) is 5.01 Å². The van der Waals surface area contributed by atoms with Crippen molar-refractivity contribution in [1.82, 2.24) is 0 Å². The second-order valence-corrected chi connectivity index (χ2v) is 1.90. The molecule has 9 heavy (non-hydrogen) atoms. The van der Waals surface area contributed by atoms with Crippen molar-refractivity contribution in [2.24, 2.45) is 5.22 Å². The van der Waals surface area contributed by atoms with E-state index in [1.165, 1.54) is 0 Å². The van der Waals surface area contributed by atoms with Gasteiger partial charge in [0.05, 0.1) is 11.4 Å². The highest BCUT2D eigenvalue weighted by Gasteiger charge is 2.27. The lowest BCUT2D eigenvalue weighted by Crippen LogP contribution is -1.78. The topological polar surface area (TPSA) is 39.2 Å². The molecule has 0 spiro atoms. The number of nitrogens with zero attached hydrogens (tertiary/aromatic N) is 2. The Balaban J connectivity index is 2.46. The van der Waals surface area contributed by atoms with Crippen LogP contribution in [0.1, 0.15) is 0 Å². The van der Waals surface area contributed by atoms with Crippen molar-refractivity contribution in [3.63, 3.8) is 0 Å². The van der Waals surface area contributed by atoms with Crippen molar-refractivity contribution in [2.45, 2.75) is 0 Å². The molecule has 1 aliphatic heterocycles. The van der Waals surface area contributed by atoms with Crippen LogP contribution in [-0.2, 0) is 0 Å². The lowest BCUT2D eigenvalue weighted by atomic mass is 10.4. The molecule has 1 aromatic rings. The molecule has 0 saturated heterocycles. The molecule has 0 fully saturated rings. The number of anilines is 2. The molecule has 0 aromatic heterocycles. The second kappa shape index (κ2) is 1.31. The highest BCUT2D eigenvalue weighted by atomic mass is 15.6. The van der Waals surface area contributed by atoms with Gasteiger partial charge < -0.3 is 0 Å². The summed E-state index contributed by atoms with van der Waals surface area (Å²) in [6.07, 6.45) is 0. The van der Waals surface area contributed by atoms with Crippen LogP contribution < -0.4 is 5.01 Å². The number of para-hydroxylation sites is 2. The van der Waals surface area contributed by atoms with E-state index >= 15 is 0 Å². The Morgan fingerprint density at radius 1 is 1.22 bits per heavy atom. The monoisotopic (exact) mass is 119 g/mol. The summed E-state index contributed by atoms with van der Waals surface area (Å²) < 4.78 is 0. The number of hydrogen-bond acceptors (Lipinski definition) is 2. The Kier molecular flexibility index (Phi) is 0.656. The Bertz CT molecular complexity index is 233. The standard InChI is InChI=1S/C6H5N3/c7-8-9-5-3-1-2-4-6(5)9/h1-4,7H. The number of benzene rings is 1. The minimum atomic E-state index is 1.05. The van der Waals surface area contributed by atoms with Gasteiger partial charge in [0.1, 0.15) is 0 Å². The largest absolute Gasteiger partial charge is 0.211 e. The van der Waals surface area contributed by atoms with Crippen LogP contribution in [0.5, 0.6) is 0 Å². The Hall–Kier alpha value is -1.38. The van der Waals surface area contributed by atoms with Gasteiger partial charge in [-0.15, -0.1) is 0 Å². The van der Waals surface area contributed by atoms with Gasteiger partial charge >= 0.3 is 0 Å². The predicted octanol–water partition coefficient (Wildman–Crippen LogP) is 2.08. The molecule has 0 amide bonds. The summed E-state index contributed by atoms with van der Waals surface area (Å²) in [5.74, 6) is 0. The van der Waals surface area contributed by atoms with Gasteiger partial charge in [0.2, 0.25) is 0 Å². The van der Waals surface area contributed by atoms with Gasteiger partial charge in [-0.3, -0.25) is 0 Å². The van der Waals surface area contributed by atoms with E-state index in [1.807, 2.05) is 24.3 Å². The van der Waals surface area contributed by atoms with E-state index in [-0.39, 0.29) is 0 Å². The molecule has 0 bridgehead atoms. The fourth-order valence-corrected chi connectivity index (χ4v) is 0.895. The van der Waals surface area contributed by atoms with Crippen LogP contribution in [0.3, 0.4) is 0 Å². The van der Waals surface area contributed by atoms with Crippen LogP contribution in [-0.4, -0.2) is 0 Å². The maximum absolute atomic E-state index is 6.66. The fraction of sp³-hybridized carbons (Fsp3) is 0. The molecule has 1 N–H and O–H groups in total. The van der Waals surface area contributed by atoms with Crippen molar-refractivity contribution in [3.05, 3.63) is 24.3 Å². The number of rotatable bonds is 1. The van der Waals surface area contributed by atoms with Gasteiger partial charge in [0.15, 0.2) is 0 Å². The zero-order chi connectivity index (χ0) is 6.27. The van der Waals surface area contributed by atoms with Gasteiger partial charge in [-0.05, 0) is 12.1 Å². The van der Waals surface area contributed by atoms with Crippen LogP contribution in [0.25, 0.3) is 0 Å². The molecule has 1 heterocycles. The first-order chi connectivity index (χ1) is 4.43. The highest BCUT2D eigenvalue weighted by molar-refractivity contribution is 5.91. The summed E-state index contributed by atoms with van der Waals surface area (Å²) in [6, 6.07) is 7.74. The average molecular weight is 119 g/mol. The van der Waals surface area contributed by atoms with Crippen LogP contribution in [0.4, 0.5) is 11.4 Å². The highest BCUT2D eigenvalue weighted by Crippen LogP contribution is 2.47. The fourth-order valence-electron chi connectivity index (χ4n) is 0.895. The number of fused-ring (bicyclic) bond motifs is 1. The molecule has 0 radical (unpaired) electrons. The third-order valence-electron chi connectivity index (χ3n) is 1.39. The van der Waals surface area contributed by atoms with Crippen molar-refractivity contribution < 1.29 is 0 Å². The molecule has 1 aliphatic rings. The first-order valence-corrected chi connectivity index (χ1v) is 2.70. The summed E-state index contributed by atoms with van der Waals surface area (Å²) in [5, 5.41) is 4.83. The molecule has 2 rings (SSSR count). The second-order valence-electron chi connectivity index (χ2n) is 1.90. The van der Waals surface area contributed by atoms with E-state index < -0.39 is 0 Å². The molecule has 0 aliphatic carbocycles. The number of nitrogens with one attached hydrogen (secondary N) is 1. The zero-order valence-corrected chi connectivity index (χ0v) is 4.70. The SMILES string of the molecule is N=NN1c2ccccc21. The minimum absolute atomic E-state index is 1.05. The van der Waals surface area contributed by atoms with Crippen molar-refractivity contribution in [1.29, 1.82) is 5.53 Å². The molecule has 3 heteroatoms. The number of hydrogen-bond donors (Lipinski definition) is 1. The predicted molar refractivity (Wildman–Crippen MR) is 33.7 cm³/mol. The minimum Gasteiger partial charge on any atom is -0.211 e. The summed E-state index contributed by atoms with van der Waals surface area (Å²) >= 11 is 0. The van der Waals surface area contributed by atoms with Crippen molar-refractivity contribution in [2.75, 3.05) is 5.01 Å². The first-order valence-electron chi connectivity index (χ1n) is 2.70. The lowest BCUT2D eigenvalue weighted by Gasteiger charge is -1.80. The van der Waals surface area contributed by atoms with Gasteiger partial charge in [0.25, 0.3) is 0 Å². The van der Waals surface area contributed by atoms with Gasteiger partial charge in [-0.1, -0.05) is 17.4 Å². The van der Waals surface area contributed by atoms with Crippen LogP contribution in [0, 0.1) is 5.53 Å². The zero-order valence-electron chi connectivity index (χ0n) is 4.70. The van der Waals surface area contributed by atoms with Crippen LogP contribution in [0.15, 0.2) is 29.5 Å². The molecule has 0 saturated carbocycles. The maximum atomic E-state index is 6.66. The third kappa shape index (κ3) is 0.455. The van der Waals surface area contributed by atoms with E-state index in [1.54, 1.807) is 5.01 Å². The van der Waals surface area contributed by atoms with E-state index in [2.05, 4.69) is 5.22 Å². The van der Waals surface area contributed by atoms with E-state index in [0.29, 0.717) is 0 Å². The van der Waals surface area contributed by atoms with Gasteiger partial charge in [0, 0.05) is 0 Å². The first kappa shape index (κ1) is 4.49. The Morgan fingerprint density at radius 2 is 1.78 bits per heavy atom. The molecular weight excluding hydrogens is 114 g/mol. The normalized spacial score (nSPS) is 12.7. The smallest absolute Gasteiger partial charge is 0.0928 e. The Labute approximate surface area is 52.4 Å². The summed E-state index contributed by atoms with van der Waals surface area (Å²) in [6.45, 7) is 0. The maximum Gasteiger partial charge on any atom is 0.0928 e. The van der Waals surface area contributed by atoms with E-state index in [0.717, 1.165) is 11.4 Å².